The average Bonchev–Trinajstić information content (AvgIpc) is 2.55. The zero-order valence-corrected chi connectivity index (χ0v) is 12.5. The first-order valence-corrected chi connectivity index (χ1v) is 7.56. The third-order valence-electron chi connectivity index (χ3n) is 4.83. The lowest BCUT2D eigenvalue weighted by Crippen LogP contribution is -2.44. The van der Waals surface area contributed by atoms with Crippen molar-refractivity contribution in [2.75, 3.05) is 23.8 Å². The smallest absolute Gasteiger partial charge is 0.372 e. The van der Waals surface area contributed by atoms with Gasteiger partial charge in [-0.2, -0.15) is 13.2 Å². The molecule has 1 amide bonds. The minimum Gasteiger partial charge on any atom is -0.372 e. The summed E-state index contributed by atoms with van der Waals surface area (Å²) in [4.78, 5) is 14.5. The predicted octanol–water partition coefficient (Wildman–Crippen LogP) is 4.04. The van der Waals surface area contributed by atoms with Crippen molar-refractivity contribution in [2.45, 2.75) is 38.3 Å². The van der Waals surface area contributed by atoms with Crippen LogP contribution in [0.4, 0.5) is 24.5 Å². The molecule has 0 unspecified atom stereocenters. The van der Waals surface area contributed by atoms with E-state index in [0.717, 1.165) is 38.2 Å². The summed E-state index contributed by atoms with van der Waals surface area (Å²) in [7, 11) is 1.76. The largest absolute Gasteiger partial charge is 0.418 e. The first kappa shape index (κ1) is 15.2. The maximum absolute atomic E-state index is 13.2. The molecule has 3 nitrogen and oxygen atoms in total. The lowest BCUT2D eigenvalue weighted by atomic mass is 9.73. The second-order valence-electron chi connectivity index (χ2n) is 6.35. The molecule has 1 saturated carbocycles. The van der Waals surface area contributed by atoms with Crippen LogP contribution in [-0.4, -0.2) is 19.5 Å². The van der Waals surface area contributed by atoms with Crippen LogP contribution in [0.3, 0.4) is 0 Å². The normalized spacial score (nSPS) is 21.3. The van der Waals surface area contributed by atoms with E-state index in [4.69, 9.17) is 0 Å². The quantitative estimate of drug-likeness (QED) is 0.784. The van der Waals surface area contributed by atoms with E-state index in [9.17, 15) is 18.0 Å². The standard InChI is InChI=1S/C16H19F3N2O/c1-21-10-15(8-3-2-4-9-15)14(22)20-13-11(16(17,18)19)6-5-7-12(13)21/h5-7H,2-4,8-10H2,1H3,(H,20,22). The molecular weight excluding hydrogens is 293 g/mol. The van der Waals surface area contributed by atoms with Gasteiger partial charge in [-0.3, -0.25) is 4.79 Å². The lowest BCUT2D eigenvalue weighted by molar-refractivity contribution is -0.137. The van der Waals surface area contributed by atoms with E-state index >= 15 is 0 Å². The number of halogens is 3. The zero-order valence-electron chi connectivity index (χ0n) is 12.5. The van der Waals surface area contributed by atoms with Gasteiger partial charge in [0.25, 0.3) is 0 Å². The van der Waals surface area contributed by atoms with Crippen LogP contribution >= 0.6 is 0 Å². The van der Waals surface area contributed by atoms with Crippen molar-refractivity contribution in [2.24, 2.45) is 5.41 Å². The molecule has 1 aliphatic heterocycles. The molecule has 120 valence electrons. The highest BCUT2D eigenvalue weighted by Gasteiger charge is 2.45. The van der Waals surface area contributed by atoms with Crippen molar-refractivity contribution in [3.63, 3.8) is 0 Å². The van der Waals surface area contributed by atoms with Crippen molar-refractivity contribution in [3.05, 3.63) is 23.8 Å². The van der Waals surface area contributed by atoms with Crippen LogP contribution < -0.4 is 10.2 Å². The number of hydrogen-bond acceptors (Lipinski definition) is 2. The van der Waals surface area contributed by atoms with E-state index in [1.54, 1.807) is 18.0 Å². The van der Waals surface area contributed by atoms with Crippen LogP contribution in [0.2, 0.25) is 0 Å². The van der Waals surface area contributed by atoms with Crippen LogP contribution in [0.25, 0.3) is 0 Å². The second-order valence-corrected chi connectivity index (χ2v) is 6.35. The second kappa shape index (κ2) is 5.18. The first-order valence-electron chi connectivity index (χ1n) is 7.56. The molecule has 0 atom stereocenters. The number of amides is 1. The van der Waals surface area contributed by atoms with Gasteiger partial charge in [0.2, 0.25) is 5.91 Å². The number of fused-ring (bicyclic) bond motifs is 1. The molecule has 2 aliphatic rings. The van der Waals surface area contributed by atoms with Crippen molar-refractivity contribution in [3.8, 4) is 0 Å². The number of alkyl halides is 3. The fraction of sp³-hybridized carbons (Fsp3) is 0.562. The Hall–Kier alpha value is -1.72. The van der Waals surface area contributed by atoms with Gasteiger partial charge in [-0.1, -0.05) is 25.3 Å². The summed E-state index contributed by atoms with van der Waals surface area (Å²) in [5, 5.41) is 2.59. The van der Waals surface area contributed by atoms with Gasteiger partial charge >= 0.3 is 6.18 Å². The topological polar surface area (TPSA) is 32.3 Å². The number of para-hydroxylation sites is 1. The summed E-state index contributed by atoms with van der Waals surface area (Å²) in [6.45, 7) is 0.465. The van der Waals surface area contributed by atoms with Gasteiger partial charge in [-0.25, -0.2) is 0 Å². The average molecular weight is 312 g/mol. The summed E-state index contributed by atoms with van der Waals surface area (Å²) in [5.74, 6) is -0.269. The molecule has 3 rings (SSSR count). The molecule has 22 heavy (non-hydrogen) atoms. The van der Waals surface area contributed by atoms with E-state index in [2.05, 4.69) is 5.32 Å². The van der Waals surface area contributed by atoms with E-state index in [1.807, 2.05) is 0 Å². The van der Waals surface area contributed by atoms with Crippen LogP contribution in [0.15, 0.2) is 18.2 Å². The molecule has 1 aliphatic carbocycles. The van der Waals surface area contributed by atoms with Crippen molar-refractivity contribution >= 4 is 17.3 Å². The molecule has 1 spiro atoms. The number of hydrogen-bond donors (Lipinski definition) is 1. The number of carbonyl (C=O) groups is 1. The summed E-state index contributed by atoms with van der Waals surface area (Å²) >= 11 is 0. The maximum Gasteiger partial charge on any atom is 0.418 e. The third-order valence-corrected chi connectivity index (χ3v) is 4.83. The third kappa shape index (κ3) is 2.44. The molecule has 0 radical (unpaired) electrons. The summed E-state index contributed by atoms with van der Waals surface area (Å²) in [6, 6.07) is 4.04. The number of nitrogens with zero attached hydrogens (tertiary/aromatic N) is 1. The van der Waals surface area contributed by atoms with E-state index in [-0.39, 0.29) is 11.6 Å². The maximum atomic E-state index is 13.2. The molecule has 1 N–H and O–H groups in total. The number of benzene rings is 1. The molecule has 0 aromatic heterocycles. The van der Waals surface area contributed by atoms with Gasteiger partial charge in [-0.15, -0.1) is 0 Å². The summed E-state index contributed by atoms with van der Waals surface area (Å²) in [5.41, 5.74) is -1.02. The Balaban J connectivity index is 2.06. The predicted molar refractivity (Wildman–Crippen MR) is 78.9 cm³/mol. The van der Waals surface area contributed by atoms with Gasteiger partial charge in [0.05, 0.1) is 22.4 Å². The Morgan fingerprint density at radius 1 is 1.18 bits per heavy atom. The van der Waals surface area contributed by atoms with Gasteiger partial charge in [-0.05, 0) is 25.0 Å². The number of carbonyl (C=O) groups excluding carboxylic acids is 1. The first-order chi connectivity index (χ1) is 10.3. The lowest BCUT2D eigenvalue weighted by Gasteiger charge is -2.36. The fourth-order valence-corrected chi connectivity index (χ4v) is 3.70. The van der Waals surface area contributed by atoms with Gasteiger partial charge in [0.1, 0.15) is 0 Å². The Labute approximate surface area is 127 Å². The minimum atomic E-state index is -4.48. The van der Waals surface area contributed by atoms with E-state index in [0.29, 0.717) is 12.2 Å². The highest BCUT2D eigenvalue weighted by molar-refractivity contribution is 6.01. The molecule has 6 heteroatoms. The van der Waals surface area contributed by atoms with E-state index in [1.165, 1.54) is 6.07 Å². The molecule has 1 aromatic rings. The Kier molecular flexibility index (Phi) is 3.57. The van der Waals surface area contributed by atoms with Gasteiger partial charge in [0.15, 0.2) is 0 Å². The SMILES string of the molecule is CN1CC2(CCCCC2)C(=O)Nc2c1cccc2C(F)(F)F. The van der Waals surface area contributed by atoms with Crippen molar-refractivity contribution in [1.82, 2.24) is 0 Å². The molecule has 1 fully saturated rings. The number of anilines is 2. The van der Waals surface area contributed by atoms with E-state index < -0.39 is 17.2 Å². The monoisotopic (exact) mass is 312 g/mol. The highest BCUT2D eigenvalue weighted by atomic mass is 19.4. The zero-order chi connectivity index (χ0) is 16.0. The molecule has 0 bridgehead atoms. The van der Waals surface area contributed by atoms with Crippen LogP contribution in [-0.2, 0) is 11.0 Å². The number of nitrogens with one attached hydrogen (secondary N) is 1. The van der Waals surface area contributed by atoms with Crippen LogP contribution in [0.1, 0.15) is 37.7 Å². The Bertz CT molecular complexity index is 592. The fourth-order valence-electron chi connectivity index (χ4n) is 3.70. The van der Waals surface area contributed by atoms with Gasteiger partial charge < -0.3 is 10.2 Å². The van der Waals surface area contributed by atoms with Crippen molar-refractivity contribution < 1.29 is 18.0 Å². The van der Waals surface area contributed by atoms with Gasteiger partial charge in [0, 0.05) is 13.6 Å². The highest BCUT2D eigenvalue weighted by Crippen LogP contribution is 2.46. The molecular formula is C16H19F3N2O. The summed E-state index contributed by atoms with van der Waals surface area (Å²) < 4.78 is 39.7. The Morgan fingerprint density at radius 3 is 2.50 bits per heavy atom. The van der Waals surface area contributed by atoms with Crippen LogP contribution in [0, 0.1) is 5.41 Å². The molecule has 1 heterocycles. The Morgan fingerprint density at radius 2 is 1.86 bits per heavy atom. The van der Waals surface area contributed by atoms with Crippen molar-refractivity contribution in [1.29, 1.82) is 0 Å². The number of rotatable bonds is 0. The van der Waals surface area contributed by atoms with Crippen LogP contribution in [0.5, 0.6) is 0 Å². The molecule has 1 aromatic carbocycles. The molecule has 0 saturated heterocycles. The minimum absolute atomic E-state index is 0.107. The summed E-state index contributed by atoms with van der Waals surface area (Å²) in [6.07, 6.45) is -0.0342.